The number of hydrogen-bond donors (Lipinski definition) is 1. The normalized spacial score (nSPS) is 17.2. The molecule has 2 heterocycles. The van der Waals surface area contributed by atoms with Crippen LogP contribution in [-0.2, 0) is 11.2 Å². The third kappa shape index (κ3) is 3.29. The van der Waals surface area contributed by atoms with Crippen molar-refractivity contribution in [3.8, 4) is 0 Å². The Morgan fingerprint density at radius 3 is 2.64 bits per heavy atom. The summed E-state index contributed by atoms with van der Waals surface area (Å²) in [4.78, 5) is 36.4. The van der Waals surface area contributed by atoms with Crippen molar-refractivity contribution in [1.29, 1.82) is 0 Å². The molecule has 2 aromatic rings. The third-order valence-corrected chi connectivity index (χ3v) is 4.81. The minimum atomic E-state index is -0.230. The van der Waals surface area contributed by atoms with Gasteiger partial charge in [0.25, 0.3) is 5.56 Å². The number of H-pyrrole nitrogens is 1. The van der Waals surface area contributed by atoms with E-state index < -0.39 is 0 Å². The molecule has 0 fully saturated rings. The molecule has 0 bridgehead atoms. The molecule has 1 unspecified atom stereocenters. The zero-order chi connectivity index (χ0) is 18.1. The average Bonchev–Trinajstić information content (AvgIpc) is 2.68. The first-order valence-corrected chi connectivity index (χ1v) is 8.57. The lowest BCUT2D eigenvalue weighted by Gasteiger charge is -2.28. The smallest absolute Gasteiger partial charge is 0.254 e. The Labute approximate surface area is 147 Å². The highest BCUT2D eigenvalue weighted by atomic mass is 16.2. The van der Waals surface area contributed by atoms with E-state index in [1.165, 1.54) is 0 Å². The highest BCUT2D eigenvalue weighted by Gasteiger charge is 2.29. The Morgan fingerprint density at radius 1 is 1.28 bits per heavy atom. The van der Waals surface area contributed by atoms with Crippen LogP contribution in [-0.4, -0.2) is 35.5 Å². The van der Waals surface area contributed by atoms with Crippen molar-refractivity contribution in [2.75, 3.05) is 23.4 Å². The number of rotatable bonds is 2. The van der Waals surface area contributed by atoms with Gasteiger partial charge in [0.05, 0.1) is 17.8 Å². The number of nitrogens with zero attached hydrogens (tertiary/aromatic N) is 3. The molecule has 0 radical (unpaired) electrons. The van der Waals surface area contributed by atoms with Crippen LogP contribution in [0.25, 0.3) is 0 Å². The summed E-state index contributed by atoms with van der Waals surface area (Å²) in [6.07, 6.45) is 0.926. The summed E-state index contributed by atoms with van der Waals surface area (Å²) in [6, 6.07) is 7.98. The molecule has 0 aliphatic carbocycles. The number of aromatic amines is 1. The second kappa shape index (κ2) is 6.70. The molecule has 1 amide bonds. The molecule has 1 aliphatic rings. The summed E-state index contributed by atoms with van der Waals surface area (Å²) in [5, 5.41) is 0. The minimum absolute atomic E-state index is 0.0524. The van der Waals surface area contributed by atoms with E-state index >= 15 is 0 Å². The molecule has 1 aromatic carbocycles. The number of hydrogen-bond acceptors (Lipinski definition) is 4. The molecule has 6 heteroatoms. The molecular weight excluding hydrogens is 316 g/mol. The van der Waals surface area contributed by atoms with Crippen LogP contribution in [0.3, 0.4) is 0 Å². The zero-order valence-corrected chi connectivity index (χ0v) is 15.2. The summed E-state index contributed by atoms with van der Waals surface area (Å²) < 4.78 is 0. The minimum Gasteiger partial charge on any atom is -0.373 e. The van der Waals surface area contributed by atoms with Crippen LogP contribution in [0.5, 0.6) is 0 Å². The average molecular weight is 340 g/mol. The Kier molecular flexibility index (Phi) is 4.61. The van der Waals surface area contributed by atoms with E-state index in [4.69, 9.17) is 0 Å². The monoisotopic (exact) mass is 340 g/mol. The molecule has 132 valence electrons. The van der Waals surface area contributed by atoms with E-state index in [0.29, 0.717) is 17.1 Å². The van der Waals surface area contributed by atoms with Gasteiger partial charge >= 0.3 is 0 Å². The second-order valence-electron chi connectivity index (χ2n) is 6.70. The quantitative estimate of drug-likeness (QED) is 0.910. The SMILES string of the molecule is Cc1nc(C)c(CC(=O)N2c3ccccc3N(C)CCC2C)c(=O)[nH]1. The lowest BCUT2D eigenvalue weighted by Crippen LogP contribution is -2.40. The van der Waals surface area contributed by atoms with Crippen LogP contribution >= 0.6 is 0 Å². The highest BCUT2D eigenvalue weighted by Crippen LogP contribution is 2.34. The third-order valence-electron chi connectivity index (χ3n) is 4.81. The predicted molar refractivity (Wildman–Crippen MR) is 99.3 cm³/mol. The van der Waals surface area contributed by atoms with Gasteiger partial charge in [-0.3, -0.25) is 9.59 Å². The number of fused-ring (bicyclic) bond motifs is 1. The van der Waals surface area contributed by atoms with Crippen molar-refractivity contribution in [3.63, 3.8) is 0 Å². The van der Waals surface area contributed by atoms with E-state index in [2.05, 4.69) is 21.8 Å². The molecule has 3 rings (SSSR count). The Hall–Kier alpha value is -2.63. The Balaban J connectivity index is 1.99. The molecule has 1 aliphatic heterocycles. The zero-order valence-electron chi connectivity index (χ0n) is 15.2. The standard InChI is InChI=1S/C19H24N4O2/c1-12-9-10-22(4)16-7-5-6-8-17(16)23(12)18(24)11-15-13(2)20-14(3)21-19(15)25/h5-8,12H,9-11H2,1-4H3,(H,20,21,25). The number of amides is 1. The molecule has 6 nitrogen and oxygen atoms in total. The van der Waals surface area contributed by atoms with Crippen LogP contribution in [0.2, 0.25) is 0 Å². The maximum absolute atomic E-state index is 13.1. The van der Waals surface area contributed by atoms with Gasteiger partial charge in [-0.2, -0.15) is 0 Å². The van der Waals surface area contributed by atoms with E-state index in [9.17, 15) is 9.59 Å². The van der Waals surface area contributed by atoms with Gasteiger partial charge in [0, 0.05) is 30.9 Å². The van der Waals surface area contributed by atoms with Gasteiger partial charge in [0.15, 0.2) is 0 Å². The summed E-state index contributed by atoms with van der Waals surface area (Å²) in [7, 11) is 2.04. The van der Waals surface area contributed by atoms with Crippen LogP contribution < -0.4 is 15.4 Å². The summed E-state index contributed by atoms with van der Waals surface area (Å²) in [5.74, 6) is 0.489. The van der Waals surface area contributed by atoms with Crippen LogP contribution in [0, 0.1) is 13.8 Å². The van der Waals surface area contributed by atoms with Gasteiger partial charge in [-0.25, -0.2) is 4.98 Å². The second-order valence-corrected chi connectivity index (χ2v) is 6.70. The molecule has 0 saturated heterocycles. The molecule has 0 saturated carbocycles. The fourth-order valence-corrected chi connectivity index (χ4v) is 3.43. The van der Waals surface area contributed by atoms with Crippen LogP contribution in [0.1, 0.15) is 30.4 Å². The molecule has 25 heavy (non-hydrogen) atoms. The van der Waals surface area contributed by atoms with E-state index in [1.807, 2.05) is 36.2 Å². The van der Waals surface area contributed by atoms with Crippen LogP contribution in [0.15, 0.2) is 29.1 Å². The number of aryl methyl sites for hydroxylation is 2. The first kappa shape index (κ1) is 17.2. The first-order valence-electron chi connectivity index (χ1n) is 8.57. The number of nitrogens with one attached hydrogen (secondary N) is 1. The number of anilines is 2. The number of carbonyl (C=O) groups is 1. The molecule has 1 aromatic heterocycles. The summed E-state index contributed by atoms with van der Waals surface area (Å²) >= 11 is 0. The number of para-hydroxylation sites is 2. The number of benzene rings is 1. The highest BCUT2D eigenvalue weighted by molar-refractivity contribution is 5.98. The van der Waals surface area contributed by atoms with Crippen molar-refractivity contribution in [1.82, 2.24) is 9.97 Å². The topological polar surface area (TPSA) is 69.3 Å². The molecule has 0 spiro atoms. The Morgan fingerprint density at radius 2 is 1.96 bits per heavy atom. The maximum Gasteiger partial charge on any atom is 0.254 e. The van der Waals surface area contributed by atoms with Crippen molar-refractivity contribution < 1.29 is 4.79 Å². The van der Waals surface area contributed by atoms with Gasteiger partial charge in [-0.15, -0.1) is 0 Å². The van der Waals surface area contributed by atoms with E-state index in [0.717, 1.165) is 24.3 Å². The van der Waals surface area contributed by atoms with Crippen molar-refractivity contribution in [2.45, 2.75) is 39.7 Å². The fraction of sp³-hybridized carbons (Fsp3) is 0.421. The number of aromatic nitrogens is 2. The van der Waals surface area contributed by atoms with Crippen molar-refractivity contribution in [3.05, 3.63) is 51.7 Å². The van der Waals surface area contributed by atoms with Crippen molar-refractivity contribution in [2.24, 2.45) is 0 Å². The molecule has 1 N–H and O–H groups in total. The van der Waals surface area contributed by atoms with Gasteiger partial charge in [0.2, 0.25) is 5.91 Å². The fourth-order valence-electron chi connectivity index (χ4n) is 3.43. The lowest BCUT2D eigenvalue weighted by atomic mass is 10.1. The maximum atomic E-state index is 13.1. The van der Waals surface area contributed by atoms with E-state index in [-0.39, 0.29) is 23.9 Å². The van der Waals surface area contributed by atoms with Gasteiger partial charge in [-0.1, -0.05) is 12.1 Å². The van der Waals surface area contributed by atoms with Gasteiger partial charge < -0.3 is 14.8 Å². The number of carbonyl (C=O) groups excluding carboxylic acids is 1. The molecular formula is C19H24N4O2. The largest absolute Gasteiger partial charge is 0.373 e. The predicted octanol–water partition coefficient (Wildman–Crippen LogP) is 2.19. The van der Waals surface area contributed by atoms with Crippen LogP contribution in [0.4, 0.5) is 11.4 Å². The first-order chi connectivity index (χ1) is 11.9. The van der Waals surface area contributed by atoms with Gasteiger partial charge in [0.1, 0.15) is 5.82 Å². The molecule has 1 atom stereocenters. The lowest BCUT2D eigenvalue weighted by molar-refractivity contribution is -0.118. The summed E-state index contributed by atoms with van der Waals surface area (Å²) in [6.45, 7) is 6.45. The van der Waals surface area contributed by atoms with Crippen molar-refractivity contribution >= 4 is 17.3 Å². The van der Waals surface area contributed by atoms with Gasteiger partial charge in [-0.05, 0) is 39.3 Å². The summed E-state index contributed by atoms with van der Waals surface area (Å²) in [5.41, 5.74) is 2.76. The Bertz CT molecular complexity index is 859. The van der Waals surface area contributed by atoms with E-state index in [1.54, 1.807) is 13.8 Å².